The van der Waals surface area contributed by atoms with Crippen molar-refractivity contribution < 1.29 is 14.4 Å². The highest BCUT2D eigenvalue weighted by molar-refractivity contribution is 6.35. The quantitative estimate of drug-likeness (QED) is 0.543. The van der Waals surface area contributed by atoms with E-state index in [0.29, 0.717) is 28.4 Å². The Bertz CT molecular complexity index is 1240. The van der Waals surface area contributed by atoms with Crippen LogP contribution < -0.4 is 4.90 Å². The summed E-state index contributed by atoms with van der Waals surface area (Å²) >= 11 is 6.03. The van der Waals surface area contributed by atoms with Gasteiger partial charge in [-0.05, 0) is 66.9 Å². The Hall–Kier alpha value is -3.44. The van der Waals surface area contributed by atoms with E-state index in [4.69, 9.17) is 11.6 Å². The fourth-order valence-electron chi connectivity index (χ4n) is 3.75. The predicted molar refractivity (Wildman–Crippen MR) is 121 cm³/mol. The average Bonchev–Trinajstić information content (AvgIpc) is 2.99. The van der Waals surface area contributed by atoms with Gasteiger partial charge in [0.05, 0.1) is 16.8 Å². The second-order valence-corrected chi connectivity index (χ2v) is 8.22. The summed E-state index contributed by atoms with van der Waals surface area (Å²) in [6.45, 7) is 4.14. The van der Waals surface area contributed by atoms with Crippen LogP contribution in [0.3, 0.4) is 0 Å². The largest absolute Gasteiger partial charge is 0.337 e. The Kier molecular flexibility index (Phi) is 5.38. The number of hydrogen-bond donors (Lipinski definition) is 0. The molecule has 0 atom stereocenters. The molecule has 0 unspecified atom stereocenters. The number of amides is 3. The van der Waals surface area contributed by atoms with E-state index in [1.54, 1.807) is 36.2 Å². The van der Waals surface area contributed by atoms with Gasteiger partial charge in [-0.15, -0.1) is 0 Å². The third-order valence-corrected chi connectivity index (χ3v) is 5.63. The topological polar surface area (TPSA) is 57.7 Å². The van der Waals surface area contributed by atoms with E-state index in [1.807, 2.05) is 44.2 Å². The first-order valence-corrected chi connectivity index (χ1v) is 10.2. The second-order valence-electron chi connectivity index (χ2n) is 7.79. The monoisotopic (exact) mass is 432 g/mol. The van der Waals surface area contributed by atoms with Crippen molar-refractivity contribution in [2.75, 3.05) is 11.9 Å². The molecule has 3 aromatic rings. The van der Waals surface area contributed by atoms with Gasteiger partial charge >= 0.3 is 0 Å². The van der Waals surface area contributed by atoms with Crippen LogP contribution in [0.4, 0.5) is 5.69 Å². The Labute approximate surface area is 185 Å². The van der Waals surface area contributed by atoms with Crippen LogP contribution in [0.15, 0.2) is 60.7 Å². The summed E-state index contributed by atoms with van der Waals surface area (Å²) in [5.74, 6) is -1.03. The molecule has 0 aliphatic carbocycles. The highest BCUT2D eigenvalue weighted by Crippen LogP contribution is 2.32. The van der Waals surface area contributed by atoms with Crippen molar-refractivity contribution >= 4 is 35.0 Å². The molecule has 0 radical (unpaired) electrons. The Balaban J connectivity index is 1.62. The maximum Gasteiger partial charge on any atom is 0.266 e. The lowest BCUT2D eigenvalue weighted by Crippen LogP contribution is -2.30. The van der Waals surface area contributed by atoms with Gasteiger partial charge in [0, 0.05) is 24.2 Å². The fraction of sp³-hybridized carbons (Fsp3) is 0.160. The molecule has 156 valence electrons. The number of imide groups is 1. The highest BCUT2D eigenvalue weighted by Gasteiger charge is 2.38. The van der Waals surface area contributed by atoms with E-state index in [-0.39, 0.29) is 17.4 Å². The van der Waals surface area contributed by atoms with Gasteiger partial charge < -0.3 is 4.90 Å². The molecule has 0 saturated carbocycles. The molecule has 0 spiro atoms. The SMILES string of the molecule is Cc1ccc(C)c(N2C(=O)c3ccc(C(=O)N(C)Cc4cccc(Cl)c4)cc3C2=O)c1. The molecule has 3 amide bonds. The number of fused-ring (bicyclic) bond motifs is 1. The van der Waals surface area contributed by atoms with E-state index in [1.165, 1.54) is 11.0 Å². The number of rotatable bonds is 4. The lowest BCUT2D eigenvalue weighted by atomic mass is 10.0. The first kappa shape index (κ1) is 20.8. The Morgan fingerprint density at radius 2 is 1.68 bits per heavy atom. The van der Waals surface area contributed by atoms with Crippen LogP contribution in [0.2, 0.25) is 5.02 Å². The number of carbonyl (C=O) groups is 3. The first-order chi connectivity index (χ1) is 14.8. The number of benzene rings is 3. The van der Waals surface area contributed by atoms with E-state index >= 15 is 0 Å². The van der Waals surface area contributed by atoms with Crippen LogP contribution in [0.1, 0.15) is 47.8 Å². The summed E-state index contributed by atoms with van der Waals surface area (Å²) in [6, 6.07) is 17.6. The lowest BCUT2D eigenvalue weighted by molar-refractivity contribution is 0.0784. The third kappa shape index (κ3) is 3.84. The first-order valence-electron chi connectivity index (χ1n) is 9.86. The van der Waals surface area contributed by atoms with Gasteiger partial charge in [-0.3, -0.25) is 14.4 Å². The molecule has 31 heavy (non-hydrogen) atoms. The summed E-state index contributed by atoms with van der Waals surface area (Å²) in [6.07, 6.45) is 0. The van der Waals surface area contributed by atoms with E-state index < -0.39 is 5.91 Å². The molecular weight excluding hydrogens is 412 g/mol. The normalized spacial score (nSPS) is 12.8. The number of halogens is 1. The maximum atomic E-state index is 13.1. The van der Waals surface area contributed by atoms with Crippen LogP contribution in [0.25, 0.3) is 0 Å². The van der Waals surface area contributed by atoms with Crippen LogP contribution in [0.5, 0.6) is 0 Å². The molecule has 5 nitrogen and oxygen atoms in total. The zero-order valence-electron chi connectivity index (χ0n) is 17.5. The van der Waals surface area contributed by atoms with Crippen LogP contribution in [-0.4, -0.2) is 29.7 Å². The summed E-state index contributed by atoms with van der Waals surface area (Å²) in [5, 5.41) is 0.603. The molecule has 0 saturated heterocycles. The third-order valence-electron chi connectivity index (χ3n) is 5.39. The second kappa shape index (κ2) is 8.00. The molecule has 1 aliphatic rings. The van der Waals surface area contributed by atoms with Crippen molar-refractivity contribution in [1.82, 2.24) is 4.90 Å². The molecule has 1 heterocycles. The summed E-state index contributed by atoms with van der Waals surface area (Å²) in [4.78, 5) is 41.8. The standard InChI is InChI=1S/C25H21ClN2O3/c1-15-7-8-16(2)22(11-15)28-24(30)20-10-9-18(13-21(20)25(28)31)23(29)27(3)14-17-5-4-6-19(26)12-17/h4-13H,14H2,1-3H3. The molecule has 3 aromatic carbocycles. The van der Waals surface area contributed by atoms with Crippen molar-refractivity contribution in [2.45, 2.75) is 20.4 Å². The number of hydrogen-bond acceptors (Lipinski definition) is 3. The van der Waals surface area contributed by atoms with Gasteiger partial charge in [-0.25, -0.2) is 4.90 Å². The van der Waals surface area contributed by atoms with Gasteiger partial charge in [0.15, 0.2) is 0 Å². The van der Waals surface area contributed by atoms with E-state index in [2.05, 4.69) is 0 Å². The van der Waals surface area contributed by atoms with E-state index in [0.717, 1.165) is 16.7 Å². The van der Waals surface area contributed by atoms with Gasteiger partial charge in [-0.1, -0.05) is 35.9 Å². The lowest BCUT2D eigenvalue weighted by Gasteiger charge is -2.18. The number of carbonyl (C=O) groups excluding carboxylic acids is 3. The molecule has 6 heteroatoms. The minimum atomic E-state index is -0.416. The Morgan fingerprint density at radius 3 is 2.42 bits per heavy atom. The summed E-state index contributed by atoms with van der Waals surface area (Å²) < 4.78 is 0. The minimum absolute atomic E-state index is 0.242. The zero-order valence-corrected chi connectivity index (χ0v) is 18.2. The van der Waals surface area contributed by atoms with Gasteiger partial charge in [0.2, 0.25) is 0 Å². The summed E-state index contributed by atoms with van der Waals surface area (Å²) in [7, 11) is 1.69. The number of anilines is 1. The molecule has 0 aromatic heterocycles. The van der Waals surface area contributed by atoms with Crippen LogP contribution >= 0.6 is 11.6 Å². The van der Waals surface area contributed by atoms with Crippen molar-refractivity contribution in [2.24, 2.45) is 0 Å². The van der Waals surface area contributed by atoms with Crippen LogP contribution in [0, 0.1) is 13.8 Å². The highest BCUT2D eigenvalue weighted by atomic mass is 35.5. The maximum absolute atomic E-state index is 13.1. The van der Waals surface area contributed by atoms with Crippen molar-refractivity contribution in [3.8, 4) is 0 Å². The fourth-order valence-corrected chi connectivity index (χ4v) is 3.97. The minimum Gasteiger partial charge on any atom is -0.337 e. The zero-order chi connectivity index (χ0) is 22.3. The van der Waals surface area contributed by atoms with Gasteiger partial charge in [0.1, 0.15) is 0 Å². The molecular formula is C25H21ClN2O3. The van der Waals surface area contributed by atoms with Crippen molar-refractivity contribution in [3.63, 3.8) is 0 Å². The molecule has 1 aliphatic heterocycles. The Morgan fingerprint density at radius 1 is 0.935 bits per heavy atom. The van der Waals surface area contributed by atoms with Crippen molar-refractivity contribution in [3.05, 3.63) is 99.1 Å². The molecule has 0 bridgehead atoms. The smallest absolute Gasteiger partial charge is 0.266 e. The van der Waals surface area contributed by atoms with E-state index in [9.17, 15) is 14.4 Å². The number of aryl methyl sites for hydroxylation is 2. The van der Waals surface area contributed by atoms with Crippen LogP contribution in [-0.2, 0) is 6.54 Å². The predicted octanol–water partition coefficient (Wildman–Crippen LogP) is 5.03. The molecule has 0 fully saturated rings. The van der Waals surface area contributed by atoms with Crippen molar-refractivity contribution in [1.29, 1.82) is 0 Å². The van der Waals surface area contributed by atoms with Gasteiger partial charge in [0.25, 0.3) is 17.7 Å². The molecule has 0 N–H and O–H groups in total. The number of nitrogens with zero attached hydrogens (tertiary/aromatic N) is 2. The summed E-state index contributed by atoms with van der Waals surface area (Å²) in [5.41, 5.74) is 4.16. The average molecular weight is 433 g/mol. The van der Waals surface area contributed by atoms with Gasteiger partial charge in [-0.2, -0.15) is 0 Å². The molecule has 4 rings (SSSR count).